The van der Waals surface area contributed by atoms with E-state index in [0.717, 1.165) is 28.1 Å². The lowest BCUT2D eigenvalue weighted by Crippen LogP contribution is -2.23. The maximum atomic E-state index is 5.90. The topological polar surface area (TPSA) is 78.6 Å². The van der Waals surface area contributed by atoms with Crippen molar-refractivity contribution >= 4 is 16.6 Å². The third-order valence-electron chi connectivity index (χ3n) is 3.67. The lowest BCUT2D eigenvalue weighted by Gasteiger charge is -2.11. The van der Waals surface area contributed by atoms with Gasteiger partial charge >= 0.3 is 0 Å². The lowest BCUT2D eigenvalue weighted by atomic mass is 10.2. The standard InChI is InChI=1S/C17H16N4O2/c1-11(9-18)22-17-7-6-16-19-10-13(21(16)20-17)15-8-12-4-2-3-5-14(12)23-15/h2-8,10-11H,9,18H2,1H3. The average Bonchev–Trinajstić information content (AvgIpc) is 3.17. The Morgan fingerprint density at radius 1 is 1.26 bits per heavy atom. The number of nitrogens with two attached hydrogens (primary N) is 1. The molecule has 0 amide bonds. The van der Waals surface area contributed by atoms with Gasteiger partial charge in [-0.3, -0.25) is 0 Å². The zero-order valence-electron chi connectivity index (χ0n) is 12.6. The first-order valence-electron chi connectivity index (χ1n) is 7.45. The highest BCUT2D eigenvalue weighted by molar-refractivity contribution is 5.82. The summed E-state index contributed by atoms with van der Waals surface area (Å²) in [5.74, 6) is 1.22. The Balaban J connectivity index is 1.81. The van der Waals surface area contributed by atoms with Gasteiger partial charge in [-0.25, -0.2) is 9.50 Å². The first kappa shape index (κ1) is 13.8. The lowest BCUT2D eigenvalue weighted by molar-refractivity contribution is 0.217. The molecule has 23 heavy (non-hydrogen) atoms. The second-order valence-corrected chi connectivity index (χ2v) is 5.40. The highest BCUT2D eigenvalue weighted by Gasteiger charge is 2.13. The second-order valence-electron chi connectivity index (χ2n) is 5.40. The van der Waals surface area contributed by atoms with E-state index in [1.54, 1.807) is 16.8 Å². The SMILES string of the molecule is CC(CN)Oc1ccc2ncc(-c3cc4ccccc4o3)n2n1. The van der Waals surface area contributed by atoms with Crippen LogP contribution < -0.4 is 10.5 Å². The van der Waals surface area contributed by atoms with E-state index in [1.165, 1.54) is 0 Å². The number of ether oxygens (including phenoxy) is 1. The number of furan rings is 1. The van der Waals surface area contributed by atoms with Crippen LogP contribution in [0.15, 0.2) is 53.1 Å². The first-order valence-corrected chi connectivity index (χ1v) is 7.45. The normalized spacial score (nSPS) is 12.8. The molecule has 0 saturated heterocycles. The predicted octanol–water partition coefficient (Wildman–Crippen LogP) is 2.87. The molecule has 3 heterocycles. The summed E-state index contributed by atoms with van der Waals surface area (Å²) in [6.07, 6.45) is 1.65. The molecule has 4 aromatic rings. The van der Waals surface area contributed by atoms with Gasteiger partial charge in [0, 0.05) is 18.0 Å². The minimum absolute atomic E-state index is 0.0990. The third-order valence-corrected chi connectivity index (χ3v) is 3.67. The molecule has 116 valence electrons. The van der Waals surface area contributed by atoms with Crippen molar-refractivity contribution in [1.29, 1.82) is 0 Å². The summed E-state index contributed by atoms with van der Waals surface area (Å²) in [4.78, 5) is 4.37. The molecule has 2 N–H and O–H groups in total. The average molecular weight is 308 g/mol. The summed E-state index contributed by atoms with van der Waals surface area (Å²) < 4.78 is 13.3. The molecule has 0 spiro atoms. The summed E-state index contributed by atoms with van der Waals surface area (Å²) in [6.45, 7) is 2.33. The van der Waals surface area contributed by atoms with Crippen molar-refractivity contribution in [3.63, 3.8) is 0 Å². The van der Waals surface area contributed by atoms with Gasteiger partial charge in [-0.2, -0.15) is 0 Å². The minimum atomic E-state index is -0.0990. The van der Waals surface area contributed by atoms with Crippen LogP contribution in [0.1, 0.15) is 6.92 Å². The van der Waals surface area contributed by atoms with Crippen molar-refractivity contribution in [3.8, 4) is 17.3 Å². The van der Waals surface area contributed by atoms with Gasteiger partial charge in [0.05, 0.1) is 6.20 Å². The van der Waals surface area contributed by atoms with Gasteiger partial charge in [0.25, 0.3) is 0 Å². The van der Waals surface area contributed by atoms with Crippen molar-refractivity contribution in [2.24, 2.45) is 5.73 Å². The number of hydrogen-bond acceptors (Lipinski definition) is 5. The smallest absolute Gasteiger partial charge is 0.232 e. The Hall–Kier alpha value is -2.86. The van der Waals surface area contributed by atoms with E-state index in [0.29, 0.717) is 12.4 Å². The zero-order valence-corrected chi connectivity index (χ0v) is 12.6. The molecular weight excluding hydrogens is 292 g/mol. The summed E-state index contributed by atoms with van der Waals surface area (Å²) in [5, 5.41) is 5.53. The fraction of sp³-hybridized carbons (Fsp3) is 0.176. The van der Waals surface area contributed by atoms with E-state index in [-0.39, 0.29) is 6.10 Å². The molecule has 0 fully saturated rings. The summed E-state index contributed by atoms with van der Waals surface area (Å²) in [5.41, 5.74) is 7.93. The number of aromatic nitrogens is 3. The van der Waals surface area contributed by atoms with Crippen LogP contribution in [0, 0.1) is 0 Å². The van der Waals surface area contributed by atoms with Crippen molar-refractivity contribution in [1.82, 2.24) is 14.6 Å². The van der Waals surface area contributed by atoms with Gasteiger partial charge < -0.3 is 14.9 Å². The Morgan fingerprint density at radius 2 is 2.13 bits per heavy atom. The molecule has 3 aromatic heterocycles. The second kappa shape index (κ2) is 5.40. The minimum Gasteiger partial charge on any atom is -0.472 e. The zero-order chi connectivity index (χ0) is 15.8. The molecule has 0 aliphatic carbocycles. The molecule has 0 aliphatic heterocycles. The van der Waals surface area contributed by atoms with Gasteiger partial charge in [-0.1, -0.05) is 18.2 Å². The molecule has 1 unspecified atom stereocenters. The van der Waals surface area contributed by atoms with Crippen LogP contribution in [0.3, 0.4) is 0 Å². The van der Waals surface area contributed by atoms with Crippen LogP contribution in [-0.2, 0) is 0 Å². The number of benzene rings is 1. The van der Waals surface area contributed by atoms with Crippen LogP contribution >= 0.6 is 0 Å². The van der Waals surface area contributed by atoms with E-state index in [4.69, 9.17) is 14.9 Å². The Kier molecular flexibility index (Phi) is 3.24. The van der Waals surface area contributed by atoms with Crippen molar-refractivity contribution in [2.45, 2.75) is 13.0 Å². The van der Waals surface area contributed by atoms with Crippen molar-refractivity contribution in [3.05, 3.63) is 48.7 Å². The fourth-order valence-corrected chi connectivity index (χ4v) is 2.45. The van der Waals surface area contributed by atoms with Crippen LogP contribution in [-0.4, -0.2) is 27.2 Å². The number of para-hydroxylation sites is 1. The molecule has 0 aliphatic rings. The van der Waals surface area contributed by atoms with E-state index in [9.17, 15) is 0 Å². The monoisotopic (exact) mass is 308 g/mol. The molecule has 0 radical (unpaired) electrons. The molecular formula is C17H16N4O2. The summed E-state index contributed by atoms with van der Waals surface area (Å²) in [7, 11) is 0. The number of fused-ring (bicyclic) bond motifs is 2. The van der Waals surface area contributed by atoms with E-state index in [2.05, 4.69) is 10.1 Å². The van der Waals surface area contributed by atoms with E-state index >= 15 is 0 Å². The molecule has 1 aromatic carbocycles. The van der Waals surface area contributed by atoms with Crippen LogP contribution in [0.25, 0.3) is 28.1 Å². The number of rotatable bonds is 4. The summed E-state index contributed by atoms with van der Waals surface area (Å²) in [6, 6.07) is 13.5. The van der Waals surface area contributed by atoms with Gasteiger partial charge in [0.1, 0.15) is 17.4 Å². The molecule has 4 rings (SSSR count). The van der Waals surface area contributed by atoms with E-state index in [1.807, 2.05) is 43.3 Å². The van der Waals surface area contributed by atoms with Gasteiger partial charge in [0.2, 0.25) is 5.88 Å². The Morgan fingerprint density at radius 3 is 2.96 bits per heavy atom. The molecule has 6 heteroatoms. The number of imidazole rings is 1. The Bertz CT molecular complexity index is 940. The first-order chi connectivity index (χ1) is 11.2. The number of nitrogens with zero attached hydrogens (tertiary/aromatic N) is 3. The van der Waals surface area contributed by atoms with Crippen LogP contribution in [0.5, 0.6) is 5.88 Å². The fourth-order valence-electron chi connectivity index (χ4n) is 2.45. The molecule has 0 saturated carbocycles. The largest absolute Gasteiger partial charge is 0.472 e. The Labute approximate surface area is 132 Å². The van der Waals surface area contributed by atoms with Gasteiger partial charge in [0.15, 0.2) is 11.4 Å². The number of hydrogen-bond donors (Lipinski definition) is 1. The molecule has 6 nitrogen and oxygen atoms in total. The third kappa shape index (κ3) is 2.43. The molecule has 0 bridgehead atoms. The maximum Gasteiger partial charge on any atom is 0.232 e. The van der Waals surface area contributed by atoms with Gasteiger partial charge in [-0.05, 0) is 25.1 Å². The van der Waals surface area contributed by atoms with Crippen molar-refractivity contribution < 1.29 is 9.15 Å². The summed E-state index contributed by atoms with van der Waals surface area (Å²) >= 11 is 0. The molecule has 1 atom stereocenters. The quantitative estimate of drug-likeness (QED) is 0.627. The highest BCUT2D eigenvalue weighted by atomic mass is 16.5. The highest BCUT2D eigenvalue weighted by Crippen LogP contribution is 2.28. The maximum absolute atomic E-state index is 5.90. The van der Waals surface area contributed by atoms with Gasteiger partial charge in [-0.15, -0.1) is 5.10 Å². The van der Waals surface area contributed by atoms with Crippen molar-refractivity contribution in [2.75, 3.05) is 6.54 Å². The van der Waals surface area contributed by atoms with E-state index < -0.39 is 0 Å². The predicted molar refractivity (Wildman–Crippen MR) is 87.3 cm³/mol. The van der Waals surface area contributed by atoms with Crippen LogP contribution in [0.2, 0.25) is 0 Å². The van der Waals surface area contributed by atoms with Crippen LogP contribution in [0.4, 0.5) is 0 Å².